The molecule has 0 saturated heterocycles. The Hall–Kier alpha value is -4.19. The first-order chi connectivity index (χ1) is 17.0. The molecule has 0 unspecified atom stereocenters. The molecule has 5 rings (SSSR count). The highest BCUT2D eigenvalue weighted by atomic mass is 19.1. The van der Waals surface area contributed by atoms with Crippen LogP contribution < -0.4 is 4.74 Å². The van der Waals surface area contributed by atoms with E-state index < -0.39 is 11.9 Å². The Morgan fingerprint density at radius 1 is 1.06 bits per heavy atom. The fraction of sp³-hybridized carbons (Fsp3) is 0.172. The molecule has 5 nitrogen and oxygen atoms in total. The number of nitrogens with one attached hydrogen (secondary N) is 1. The van der Waals surface area contributed by atoms with E-state index >= 15 is 0 Å². The molecule has 0 aliphatic heterocycles. The number of fused-ring (bicyclic) bond motifs is 1. The number of carboxylic acids is 1. The molecular weight excluding hydrogens is 443 g/mol. The average Bonchev–Trinajstić information content (AvgIpc) is 3.22. The van der Waals surface area contributed by atoms with Crippen molar-refractivity contribution in [3.8, 4) is 5.75 Å². The second-order valence-corrected chi connectivity index (χ2v) is 8.71. The van der Waals surface area contributed by atoms with Gasteiger partial charge in [-0.05, 0) is 82.5 Å². The molecule has 1 aliphatic carbocycles. The summed E-state index contributed by atoms with van der Waals surface area (Å²) in [4.78, 5) is 10.9. The van der Waals surface area contributed by atoms with E-state index in [2.05, 4.69) is 22.3 Å². The number of H-pyrrole nitrogens is 1. The van der Waals surface area contributed by atoms with Crippen LogP contribution in [0.2, 0.25) is 0 Å². The molecule has 0 bridgehead atoms. The quantitative estimate of drug-likeness (QED) is 0.238. The minimum atomic E-state index is -0.990. The van der Waals surface area contributed by atoms with Gasteiger partial charge in [0.05, 0.1) is 18.0 Å². The number of ether oxygens (including phenoxy) is 1. The Morgan fingerprint density at radius 2 is 1.83 bits per heavy atom. The van der Waals surface area contributed by atoms with Gasteiger partial charge >= 0.3 is 5.97 Å². The first kappa shape index (κ1) is 22.6. The standard InChI is InChI=1S/C29H25FN2O3/c1-35-23-7-3-6-21(16-23)27(19-4-2-5-19)28(20-11-8-18(9-12-20)10-15-26(33)34)22-13-14-25-24(17-22)29(30)32-31-25/h3,6-17,19H,2,4-5H2,1H3,(H,31,32)(H,33,34). The maximum atomic E-state index is 14.4. The van der Waals surface area contributed by atoms with Gasteiger partial charge in [0.25, 0.3) is 0 Å². The van der Waals surface area contributed by atoms with Crippen molar-refractivity contribution < 1.29 is 19.0 Å². The first-order valence-electron chi connectivity index (χ1n) is 11.6. The Kier molecular flexibility index (Phi) is 6.19. The molecule has 1 aliphatic rings. The lowest BCUT2D eigenvalue weighted by Crippen LogP contribution is -2.15. The summed E-state index contributed by atoms with van der Waals surface area (Å²) in [7, 11) is 1.66. The Balaban J connectivity index is 1.74. The number of carbonyl (C=O) groups is 1. The number of nitrogens with zero attached hydrogens (tertiary/aromatic N) is 1. The van der Waals surface area contributed by atoms with Gasteiger partial charge < -0.3 is 9.84 Å². The van der Waals surface area contributed by atoms with Crippen LogP contribution in [0.15, 0.2) is 72.8 Å². The van der Waals surface area contributed by atoms with Gasteiger partial charge in [-0.2, -0.15) is 9.49 Å². The van der Waals surface area contributed by atoms with E-state index in [1.807, 2.05) is 54.6 Å². The lowest BCUT2D eigenvalue weighted by Gasteiger charge is -2.32. The molecule has 2 N–H and O–H groups in total. The summed E-state index contributed by atoms with van der Waals surface area (Å²) < 4.78 is 20.0. The minimum absolute atomic E-state index is 0.369. The van der Waals surface area contributed by atoms with E-state index in [0.29, 0.717) is 16.8 Å². The van der Waals surface area contributed by atoms with E-state index in [1.54, 1.807) is 13.2 Å². The van der Waals surface area contributed by atoms with Gasteiger partial charge in [0.1, 0.15) is 5.75 Å². The summed E-state index contributed by atoms with van der Waals surface area (Å²) in [5, 5.41) is 15.9. The van der Waals surface area contributed by atoms with Crippen molar-refractivity contribution >= 4 is 34.1 Å². The smallest absolute Gasteiger partial charge is 0.328 e. The van der Waals surface area contributed by atoms with Gasteiger partial charge in [0.15, 0.2) is 0 Å². The number of benzene rings is 3. The number of hydrogen-bond donors (Lipinski definition) is 2. The molecule has 0 spiro atoms. The van der Waals surface area contributed by atoms with E-state index in [4.69, 9.17) is 9.84 Å². The summed E-state index contributed by atoms with van der Waals surface area (Å²) in [5.74, 6) is -0.296. The fourth-order valence-corrected chi connectivity index (χ4v) is 4.61. The minimum Gasteiger partial charge on any atom is -0.497 e. The highest BCUT2D eigenvalue weighted by molar-refractivity contribution is 6.01. The SMILES string of the molecule is COc1cccc(C(=C(c2ccc(C=CC(=O)O)cc2)c2ccc3n[nH]c(F)c3c2)C2CCC2)c1. The van der Waals surface area contributed by atoms with Crippen molar-refractivity contribution in [2.75, 3.05) is 7.11 Å². The molecule has 1 fully saturated rings. The topological polar surface area (TPSA) is 75.2 Å². The fourth-order valence-electron chi connectivity index (χ4n) is 4.61. The first-order valence-corrected chi connectivity index (χ1v) is 11.6. The molecule has 6 heteroatoms. The zero-order chi connectivity index (χ0) is 24.4. The Bertz CT molecular complexity index is 1450. The molecule has 176 valence electrons. The zero-order valence-corrected chi connectivity index (χ0v) is 19.3. The number of aliphatic carboxylic acids is 1. The summed E-state index contributed by atoms with van der Waals surface area (Å²) in [5.41, 5.74) is 6.55. The maximum Gasteiger partial charge on any atom is 0.328 e. The second kappa shape index (κ2) is 9.58. The second-order valence-electron chi connectivity index (χ2n) is 8.71. The number of halogens is 1. The van der Waals surface area contributed by atoms with Crippen LogP contribution in [0.4, 0.5) is 4.39 Å². The van der Waals surface area contributed by atoms with Crippen LogP contribution in [-0.4, -0.2) is 28.4 Å². The van der Waals surface area contributed by atoms with Crippen molar-refractivity contribution in [3.63, 3.8) is 0 Å². The largest absolute Gasteiger partial charge is 0.497 e. The third-order valence-corrected chi connectivity index (χ3v) is 6.58. The van der Waals surface area contributed by atoms with Crippen LogP contribution in [0.1, 0.15) is 41.5 Å². The van der Waals surface area contributed by atoms with Gasteiger partial charge in [-0.15, -0.1) is 0 Å². The lowest BCUT2D eigenvalue weighted by atomic mass is 9.73. The summed E-state index contributed by atoms with van der Waals surface area (Å²) >= 11 is 0. The molecule has 1 saturated carbocycles. The van der Waals surface area contributed by atoms with Gasteiger partial charge in [-0.25, -0.2) is 4.79 Å². The van der Waals surface area contributed by atoms with Crippen LogP contribution >= 0.6 is 0 Å². The van der Waals surface area contributed by atoms with E-state index in [1.165, 1.54) is 12.0 Å². The van der Waals surface area contributed by atoms with Crippen molar-refractivity contribution in [2.24, 2.45) is 5.92 Å². The van der Waals surface area contributed by atoms with Gasteiger partial charge in [0, 0.05) is 6.08 Å². The number of aromatic amines is 1. The van der Waals surface area contributed by atoms with Crippen LogP contribution in [0.25, 0.3) is 28.1 Å². The molecule has 35 heavy (non-hydrogen) atoms. The molecule has 0 atom stereocenters. The summed E-state index contributed by atoms with van der Waals surface area (Å²) in [6, 6.07) is 21.5. The number of carboxylic acid groups (broad SMARTS) is 1. The average molecular weight is 469 g/mol. The highest BCUT2D eigenvalue weighted by Crippen LogP contribution is 2.45. The van der Waals surface area contributed by atoms with Crippen LogP contribution in [0, 0.1) is 11.9 Å². The molecule has 0 radical (unpaired) electrons. The van der Waals surface area contributed by atoms with Crippen molar-refractivity contribution in [1.29, 1.82) is 0 Å². The van der Waals surface area contributed by atoms with Crippen LogP contribution in [0.3, 0.4) is 0 Å². The van der Waals surface area contributed by atoms with Gasteiger partial charge in [-0.1, -0.05) is 48.9 Å². The number of methoxy groups -OCH3 is 1. The summed E-state index contributed by atoms with van der Waals surface area (Å²) in [6.07, 6.45) is 6.02. The lowest BCUT2D eigenvalue weighted by molar-refractivity contribution is -0.131. The number of rotatable bonds is 7. The predicted octanol–water partition coefficient (Wildman–Crippen LogP) is 6.57. The van der Waals surface area contributed by atoms with Crippen molar-refractivity contribution in [2.45, 2.75) is 19.3 Å². The third kappa shape index (κ3) is 4.60. The maximum absolute atomic E-state index is 14.4. The zero-order valence-electron chi connectivity index (χ0n) is 19.3. The van der Waals surface area contributed by atoms with E-state index in [-0.39, 0.29) is 0 Å². The van der Waals surface area contributed by atoms with Crippen molar-refractivity contribution in [1.82, 2.24) is 10.2 Å². The van der Waals surface area contributed by atoms with Crippen LogP contribution in [0.5, 0.6) is 5.75 Å². The molecule has 3 aromatic carbocycles. The molecular formula is C29H25FN2O3. The molecule has 0 amide bonds. The normalized spacial score (nSPS) is 14.7. The molecule has 1 aromatic heterocycles. The number of hydrogen-bond acceptors (Lipinski definition) is 3. The van der Waals surface area contributed by atoms with Gasteiger partial charge in [-0.3, -0.25) is 5.10 Å². The highest BCUT2D eigenvalue weighted by Gasteiger charge is 2.27. The predicted molar refractivity (Wildman–Crippen MR) is 135 cm³/mol. The molecule has 1 heterocycles. The Labute approximate surface area is 202 Å². The number of aromatic nitrogens is 2. The third-order valence-electron chi connectivity index (χ3n) is 6.58. The van der Waals surface area contributed by atoms with Crippen LogP contribution in [-0.2, 0) is 4.79 Å². The van der Waals surface area contributed by atoms with Gasteiger partial charge in [0.2, 0.25) is 5.95 Å². The molecule has 4 aromatic rings. The number of allylic oxidation sites excluding steroid dienone is 1. The van der Waals surface area contributed by atoms with E-state index in [0.717, 1.165) is 52.5 Å². The van der Waals surface area contributed by atoms with Crippen molar-refractivity contribution in [3.05, 3.63) is 101 Å². The monoisotopic (exact) mass is 468 g/mol. The Morgan fingerprint density at radius 3 is 2.51 bits per heavy atom. The summed E-state index contributed by atoms with van der Waals surface area (Å²) in [6.45, 7) is 0. The van der Waals surface area contributed by atoms with E-state index in [9.17, 15) is 9.18 Å².